The average molecular weight is 164 g/mol. The van der Waals surface area contributed by atoms with Gasteiger partial charge in [0.1, 0.15) is 0 Å². The predicted octanol–water partition coefficient (Wildman–Crippen LogP) is 3.92. The van der Waals surface area contributed by atoms with Gasteiger partial charge in [-0.05, 0) is 44.4 Å². The molecule has 1 saturated carbocycles. The summed E-state index contributed by atoms with van der Waals surface area (Å²) in [6.45, 7) is 4.67. The Kier molecular flexibility index (Phi) is 2.25. The van der Waals surface area contributed by atoms with Gasteiger partial charge >= 0.3 is 0 Å². The van der Waals surface area contributed by atoms with Gasteiger partial charge in [-0.15, -0.1) is 0 Å². The van der Waals surface area contributed by atoms with E-state index in [0.717, 1.165) is 11.8 Å². The quantitative estimate of drug-likeness (QED) is 0.543. The molecule has 2 aliphatic rings. The summed E-state index contributed by atoms with van der Waals surface area (Å²) < 4.78 is 0. The molecule has 0 aromatic heterocycles. The Labute approximate surface area is 76.1 Å². The number of hydrogen-bond donors (Lipinski definition) is 0. The minimum Gasteiger partial charge on any atom is -0.0738 e. The summed E-state index contributed by atoms with van der Waals surface area (Å²) in [6, 6.07) is 0. The molecular weight excluding hydrogens is 144 g/mol. The minimum absolute atomic E-state index is 1.02. The van der Waals surface area contributed by atoms with Crippen LogP contribution in [0.4, 0.5) is 0 Å². The molecule has 2 aliphatic carbocycles. The van der Waals surface area contributed by atoms with E-state index < -0.39 is 0 Å². The fourth-order valence-electron chi connectivity index (χ4n) is 3.20. The van der Waals surface area contributed by atoms with Crippen LogP contribution in [0.2, 0.25) is 0 Å². The highest BCUT2D eigenvalue weighted by Gasteiger charge is 2.34. The van der Waals surface area contributed by atoms with E-state index >= 15 is 0 Å². The number of fused-ring (bicyclic) bond motifs is 1. The topological polar surface area (TPSA) is 0 Å². The molecule has 0 radical (unpaired) electrons. The average Bonchev–Trinajstić information content (AvgIpc) is 2.58. The first-order chi connectivity index (χ1) is 5.83. The van der Waals surface area contributed by atoms with Crippen LogP contribution in [0.3, 0.4) is 0 Å². The lowest BCUT2D eigenvalue weighted by molar-refractivity contribution is 0.383. The minimum atomic E-state index is 1.02. The lowest BCUT2D eigenvalue weighted by Crippen LogP contribution is -2.05. The molecule has 2 rings (SSSR count). The standard InChI is InChI=1S/C12H20/c1-3-4-10-6-8-11-9(2)5-7-12(10)11/h10,12H,3-8H2,1-2H3. The van der Waals surface area contributed by atoms with E-state index in [-0.39, 0.29) is 0 Å². The van der Waals surface area contributed by atoms with Crippen LogP contribution in [0.5, 0.6) is 0 Å². The van der Waals surface area contributed by atoms with Crippen LogP contribution in [0, 0.1) is 11.8 Å². The van der Waals surface area contributed by atoms with Gasteiger partial charge in [0, 0.05) is 0 Å². The van der Waals surface area contributed by atoms with Crippen molar-refractivity contribution in [3.8, 4) is 0 Å². The van der Waals surface area contributed by atoms with Crippen LogP contribution in [-0.4, -0.2) is 0 Å². The summed E-state index contributed by atoms with van der Waals surface area (Å²) in [5.41, 5.74) is 3.59. The Hall–Kier alpha value is -0.260. The van der Waals surface area contributed by atoms with Gasteiger partial charge in [-0.3, -0.25) is 0 Å². The van der Waals surface area contributed by atoms with E-state index in [2.05, 4.69) is 13.8 Å². The van der Waals surface area contributed by atoms with Crippen molar-refractivity contribution in [1.29, 1.82) is 0 Å². The Morgan fingerprint density at radius 3 is 2.83 bits per heavy atom. The maximum atomic E-state index is 2.35. The Morgan fingerprint density at radius 2 is 2.08 bits per heavy atom. The van der Waals surface area contributed by atoms with Crippen molar-refractivity contribution in [3.63, 3.8) is 0 Å². The Balaban J connectivity index is 2.07. The van der Waals surface area contributed by atoms with E-state index in [1.165, 1.54) is 38.5 Å². The summed E-state index contributed by atoms with van der Waals surface area (Å²) in [6.07, 6.45) is 8.66. The molecule has 0 bridgehead atoms. The summed E-state index contributed by atoms with van der Waals surface area (Å²) in [5.74, 6) is 2.08. The van der Waals surface area contributed by atoms with Crippen molar-refractivity contribution >= 4 is 0 Å². The third-order valence-corrected chi connectivity index (χ3v) is 3.84. The lowest BCUT2D eigenvalue weighted by atomic mass is 9.90. The number of hydrogen-bond acceptors (Lipinski definition) is 0. The Morgan fingerprint density at radius 1 is 1.25 bits per heavy atom. The van der Waals surface area contributed by atoms with Crippen LogP contribution >= 0.6 is 0 Å². The maximum Gasteiger partial charge on any atom is -0.0169 e. The molecule has 0 N–H and O–H groups in total. The van der Waals surface area contributed by atoms with E-state index in [9.17, 15) is 0 Å². The van der Waals surface area contributed by atoms with Crippen molar-refractivity contribution in [2.75, 3.05) is 0 Å². The fourth-order valence-corrected chi connectivity index (χ4v) is 3.20. The van der Waals surface area contributed by atoms with Gasteiger partial charge in [0.25, 0.3) is 0 Å². The molecule has 0 aliphatic heterocycles. The molecule has 0 heterocycles. The molecule has 0 spiro atoms. The maximum absolute atomic E-state index is 2.35. The fraction of sp³-hybridized carbons (Fsp3) is 0.833. The summed E-state index contributed by atoms with van der Waals surface area (Å²) in [5, 5.41) is 0. The molecule has 0 aromatic rings. The van der Waals surface area contributed by atoms with Gasteiger partial charge in [0.15, 0.2) is 0 Å². The molecule has 2 unspecified atom stereocenters. The lowest BCUT2D eigenvalue weighted by Gasteiger charge is -2.15. The van der Waals surface area contributed by atoms with Gasteiger partial charge in [0.2, 0.25) is 0 Å². The van der Waals surface area contributed by atoms with Crippen LogP contribution < -0.4 is 0 Å². The van der Waals surface area contributed by atoms with E-state index in [4.69, 9.17) is 0 Å². The SMILES string of the molecule is CCCC1CCC2=C(C)CCC21. The third-order valence-electron chi connectivity index (χ3n) is 3.84. The second kappa shape index (κ2) is 3.24. The first-order valence-corrected chi connectivity index (χ1v) is 5.51. The van der Waals surface area contributed by atoms with Crippen molar-refractivity contribution in [2.45, 2.75) is 52.4 Å². The van der Waals surface area contributed by atoms with E-state index in [1.54, 1.807) is 5.57 Å². The number of rotatable bonds is 2. The van der Waals surface area contributed by atoms with Gasteiger partial charge in [-0.2, -0.15) is 0 Å². The zero-order chi connectivity index (χ0) is 8.55. The molecule has 0 amide bonds. The molecule has 0 aromatic carbocycles. The summed E-state index contributed by atoms with van der Waals surface area (Å²) >= 11 is 0. The molecule has 2 atom stereocenters. The van der Waals surface area contributed by atoms with Crippen molar-refractivity contribution in [2.24, 2.45) is 11.8 Å². The van der Waals surface area contributed by atoms with Crippen molar-refractivity contribution < 1.29 is 0 Å². The van der Waals surface area contributed by atoms with Crippen molar-refractivity contribution in [3.05, 3.63) is 11.1 Å². The van der Waals surface area contributed by atoms with Gasteiger partial charge in [-0.1, -0.05) is 30.9 Å². The highest BCUT2D eigenvalue weighted by molar-refractivity contribution is 5.25. The zero-order valence-electron chi connectivity index (χ0n) is 8.40. The Bertz CT molecular complexity index is 200. The summed E-state index contributed by atoms with van der Waals surface area (Å²) in [7, 11) is 0. The van der Waals surface area contributed by atoms with Gasteiger partial charge in [0.05, 0.1) is 0 Å². The van der Waals surface area contributed by atoms with E-state index in [0.29, 0.717) is 0 Å². The zero-order valence-corrected chi connectivity index (χ0v) is 8.40. The monoisotopic (exact) mass is 164 g/mol. The van der Waals surface area contributed by atoms with Crippen LogP contribution in [0.25, 0.3) is 0 Å². The normalized spacial score (nSPS) is 34.5. The molecule has 0 heteroatoms. The highest BCUT2D eigenvalue weighted by Crippen LogP contribution is 2.48. The molecule has 0 nitrogen and oxygen atoms in total. The van der Waals surface area contributed by atoms with Crippen molar-refractivity contribution in [1.82, 2.24) is 0 Å². The molecule has 68 valence electrons. The number of allylic oxidation sites excluding steroid dienone is 2. The van der Waals surface area contributed by atoms with Gasteiger partial charge < -0.3 is 0 Å². The summed E-state index contributed by atoms with van der Waals surface area (Å²) in [4.78, 5) is 0. The smallest absolute Gasteiger partial charge is 0.0169 e. The predicted molar refractivity (Wildman–Crippen MR) is 53.1 cm³/mol. The molecule has 1 fully saturated rings. The second-order valence-electron chi connectivity index (χ2n) is 4.54. The second-order valence-corrected chi connectivity index (χ2v) is 4.54. The largest absolute Gasteiger partial charge is 0.0738 e. The first kappa shape index (κ1) is 8.34. The van der Waals surface area contributed by atoms with Crippen LogP contribution in [-0.2, 0) is 0 Å². The highest BCUT2D eigenvalue weighted by atomic mass is 14.4. The molecular formula is C12H20. The first-order valence-electron chi connectivity index (χ1n) is 5.51. The van der Waals surface area contributed by atoms with E-state index in [1.807, 2.05) is 5.57 Å². The third kappa shape index (κ3) is 1.22. The molecule has 12 heavy (non-hydrogen) atoms. The van der Waals surface area contributed by atoms with Crippen LogP contribution in [0.1, 0.15) is 52.4 Å². The molecule has 0 saturated heterocycles. The van der Waals surface area contributed by atoms with Gasteiger partial charge in [-0.25, -0.2) is 0 Å². The van der Waals surface area contributed by atoms with Crippen LogP contribution in [0.15, 0.2) is 11.1 Å².